The molecule has 0 aromatic rings. The van der Waals surface area contributed by atoms with Gasteiger partial charge in [-0.05, 0) is 0 Å². The summed E-state index contributed by atoms with van der Waals surface area (Å²) in [6.07, 6.45) is 5.33. The minimum absolute atomic E-state index is 0.748. The zero-order chi connectivity index (χ0) is 12.3. The quantitative estimate of drug-likeness (QED) is 0.578. The first-order valence-electron chi connectivity index (χ1n) is 6.21. The van der Waals surface area contributed by atoms with Crippen LogP contribution < -0.4 is 5.73 Å². The van der Waals surface area contributed by atoms with Crippen molar-refractivity contribution >= 4 is 31.0 Å². The molecule has 0 unspecified atom stereocenters. The number of hydrogen-bond donors (Lipinski definition) is 1. The summed E-state index contributed by atoms with van der Waals surface area (Å²) >= 11 is -0.914. The van der Waals surface area contributed by atoms with Crippen LogP contribution in [-0.2, 0) is 6.15 Å². The van der Waals surface area contributed by atoms with Gasteiger partial charge in [0.15, 0.2) is 0 Å². The van der Waals surface area contributed by atoms with E-state index in [4.69, 9.17) is 11.9 Å². The summed E-state index contributed by atoms with van der Waals surface area (Å²) in [6, 6.07) is 0. The molecule has 0 heterocycles. The summed E-state index contributed by atoms with van der Waals surface area (Å²) in [4.78, 5) is 0. The molecule has 0 rings (SSSR count). The molecular weight excluding hydrogens is 329 g/mol. The van der Waals surface area contributed by atoms with Gasteiger partial charge in [-0.3, -0.25) is 0 Å². The second-order valence-corrected chi connectivity index (χ2v) is 15.5. The zero-order valence-electron chi connectivity index (χ0n) is 11.0. The van der Waals surface area contributed by atoms with Crippen molar-refractivity contribution < 1.29 is 6.15 Å². The molecule has 5 heteroatoms. The van der Waals surface area contributed by atoms with Crippen LogP contribution in [0.4, 0.5) is 0 Å². The molecule has 16 heavy (non-hydrogen) atoms. The maximum absolute atomic E-state index is 6.13. The number of rotatable bonds is 11. The van der Waals surface area contributed by atoms with Gasteiger partial charge < -0.3 is 0 Å². The van der Waals surface area contributed by atoms with E-state index in [0.29, 0.717) is 0 Å². The average Bonchev–Trinajstić information content (AvgIpc) is 2.31. The van der Waals surface area contributed by atoms with Crippen LogP contribution in [0, 0.1) is 0 Å². The van der Waals surface area contributed by atoms with Gasteiger partial charge in [0.1, 0.15) is 0 Å². The van der Waals surface area contributed by atoms with Crippen molar-refractivity contribution in [1.29, 1.82) is 0 Å². The van der Waals surface area contributed by atoms with E-state index in [1.807, 2.05) is 11.8 Å². The first kappa shape index (κ1) is 17.0. The molecule has 0 saturated heterocycles. The molecule has 0 fully saturated rings. The van der Waals surface area contributed by atoms with Crippen molar-refractivity contribution in [2.75, 3.05) is 29.8 Å². The van der Waals surface area contributed by atoms with Crippen LogP contribution >= 0.6 is 11.8 Å². The van der Waals surface area contributed by atoms with Crippen LogP contribution in [0.2, 0.25) is 4.44 Å². The van der Waals surface area contributed by atoms with Crippen LogP contribution in [0.5, 0.6) is 0 Å². The predicted octanol–water partition coefficient (Wildman–Crippen LogP) is 2.53. The molecule has 0 bridgehead atoms. The molecular formula is C11H27NO2SSn. The first-order chi connectivity index (χ1) is 7.74. The minimum atomic E-state index is -2.78. The van der Waals surface area contributed by atoms with Crippen LogP contribution in [0.15, 0.2) is 0 Å². The number of thioether (sulfide) groups is 1. The Kier molecular flexibility index (Phi) is 11.9. The van der Waals surface area contributed by atoms with Crippen LogP contribution in [0.1, 0.15) is 33.1 Å². The fourth-order valence-corrected chi connectivity index (χ4v) is 15.2. The molecule has 0 atom stereocenters. The SMILES string of the molecule is CCC[O][Sn]([CH2]CCN)([CH2]SC)[O]CCC. The van der Waals surface area contributed by atoms with Gasteiger partial charge in [0.25, 0.3) is 0 Å². The predicted molar refractivity (Wildman–Crippen MR) is 75.1 cm³/mol. The molecule has 0 amide bonds. The second-order valence-electron chi connectivity index (χ2n) is 3.93. The van der Waals surface area contributed by atoms with Crippen molar-refractivity contribution in [1.82, 2.24) is 0 Å². The van der Waals surface area contributed by atoms with E-state index in [1.165, 1.54) is 0 Å². The first-order valence-corrected chi connectivity index (χ1v) is 14.0. The summed E-state index contributed by atoms with van der Waals surface area (Å²) in [5, 5.41) is 0. The van der Waals surface area contributed by atoms with Gasteiger partial charge in [0.05, 0.1) is 0 Å². The monoisotopic (exact) mass is 357 g/mol. The molecule has 0 spiro atoms. The molecule has 2 N–H and O–H groups in total. The third-order valence-electron chi connectivity index (χ3n) is 2.26. The summed E-state index contributed by atoms with van der Waals surface area (Å²) < 4.78 is 14.5. The van der Waals surface area contributed by atoms with E-state index in [-0.39, 0.29) is 0 Å². The standard InChI is InChI=1S/C3H8N.2C3H7O.C2H5S.Sn/c3*1-2-3-4;1-3-2;/h1-4H2;2*2-3H2,1H3;1H2,2H3;/q;2*-1;;+2. The summed E-state index contributed by atoms with van der Waals surface area (Å²) in [6.45, 7) is 6.75. The Labute approximate surface area is 110 Å². The number of hydrogen-bond acceptors (Lipinski definition) is 4. The summed E-state index contributed by atoms with van der Waals surface area (Å²) in [5.41, 5.74) is 5.60. The molecule has 0 aromatic heterocycles. The molecule has 3 nitrogen and oxygen atoms in total. The van der Waals surface area contributed by atoms with Gasteiger partial charge in [0, 0.05) is 0 Å². The fraction of sp³-hybridized carbons (Fsp3) is 1.00. The van der Waals surface area contributed by atoms with Crippen molar-refractivity contribution in [3.05, 3.63) is 0 Å². The Morgan fingerprint density at radius 1 is 1.12 bits per heavy atom. The van der Waals surface area contributed by atoms with E-state index in [2.05, 4.69) is 20.1 Å². The normalized spacial score (nSPS) is 12.0. The number of nitrogens with two attached hydrogens (primary N) is 1. The molecule has 0 saturated carbocycles. The van der Waals surface area contributed by atoms with Crippen molar-refractivity contribution in [2.45, 2.75) is 37.5 Å². The summed E-state index contributed by atoms with van der Waals surface area (Å²) in [7, 11) is 0. The summed E-state index contributed by atoms with van der Waals surface area (Å²) in [5.74, 6) is 0. The Morgan fingerprint density at radius 3 is 2.06 bits per heavy atom. The van der Waals surface area contributed by atoms with E-state index < -0.39 is 19.2 Å². The fourth-order valence-electron chi connectivity index (χ4n) is 1.51. The van der Waals surface area contributed by atoms with Gasteiger partial charge in [-0.1, -0.05) is 0 Å². The van der Waals surface area contributed by atoms with Crippen LogP contribution in [0.3, 0.4) is 0 Å². The molecule has 0 aliphatic carbocycles. The Morgan fingerprint density at radius 2 is 1.69 bits per heavy atom. The third kappa shape index (κ3) is 7.37. The Bertz CT molecular complexity index is 139. The van der Waals surface area contributed by atoms with E-state index in [0.717, 1.165) is 47.2 Å². The Balaban J connectivity index is 4.32. The maximum atomic E-state index is 6.13. The average molecular weight is 356 g/mol. The van der Waals surface area contributed by atoms with Gasteiger partial charge in [-0.15, -0.1) is 0 Å². The van der Waals surface area contributed by atoms with E-state index in [1.54, 1.807) is 0 Å². The van der Waals surface area contributed by atoms with Gasteiger partial charge >= 0.3 is 110 Å². The molecule has 0 aromatic carbocycles. The van der Waals surface area contributed by atoms with E-state index in [9.17, 15) is 0 Å². The van der Waals surface area contributed by atoms with Crippen molar-refractivity contribution in [2.24, 2.45) is 5.73 Å². The van der Waals surface area contributed by atoms with E-state index >= 15 is 0 Å². The molecule has 0 aliphatic rings. The Hall–Kier alpha value is 1.03. The van der Waals surface area contributed by atoms with Crippen molar-refractivity contribution in [3.8, 4) is 0 Å². The topological polar surface area (TPSA) is 44.5 Å². The van der Waals surface area contributed by atoms with Crippen LogP contribution in [0.25, 0.3) is 0 Å². The van der Waals surface area contributed by atoms with Crippen molar-refractivity contribution in [3.63, 3.8) is 0 Å². The third-order valence-corrected chi connectivity index (χ3v) is 16.6. The molecule has 0 radical (unpaired) electrons. The van der Waals surface area contributed by atoms with Crippen LogP contribution in [-0.4, -0.2) is 49.0 Å². The zero-order valence-corrected chi connectivity index (χ0v) is 14.6. The molecule has 98 valence electrons. The van der Waals surface area contributed by atoms with Gasteiger partial charge in [0.2, 0.25) is 0 Å². The molecule has 0 aliphatic heterocycles. The van der Waals surface area contributed by atoms with Gasteiger partial charge in [-0.2, -0.15) is 0 Å². The van der Waals surface area contributed by atoms with Gasteiger partial charge in [-0.25, -0.2) is 0 Å². The second kappa shape index (κ2) is 11.1.